The predicted molar refractivity (Wildman–Crippen MR) is 264 cm³/mol. The van der Waals surface area contributed by atoms with E-state index in [0.29, 0.717) is 0 Å². The number of nitrogens with zero attached hydrogens (tertiary/aromatic N) is 2. The van der Waals surface area contributed by atoms with Crippen LogP contribution in [0.4, 0.5) is 0 Å². The van der Waals surface area contributed by atoms with Crippen LogP contribution in [0.15, 0.2) is 235 Å². The Bertz CT molecular complexity index is 3870. The highest BCUT2D eigenvalue weighted by Gasteiger charge is 2.17. The van der Waals surface area contributed by atoms with Gasteiger partial charge in [0.1, 0.15) is 11.2 Å². The standard InChI is InChI=1S/C60H38N2O/c1-2-11-39(12-3-1)44-13-10-14-45(35-44)46-29-34-57-52(36-46)49-15-4-7-18-55(49)61(57)47-30-25-42(26-31-47)40-21-23-41(24-22-40)43-27-32-48(33-28-43)62-56-19-8-5-16-50(56)53-37-54-51-17-6-9-20-59(51)63-60(54)38-58(53)62/h1-38H. The number of hydrogen-bond acceptors (Lipinski definition) is 1. The molecule has 0 amide bonds. The van der Waals surface area contributed by atoms with E-state index < -0.39 is 0 Å². The van der Waals surface area contributed by atoms with Crippen LogP contribution in [0.25, 0.3) is 121 Å². The maximum absolute atomic E-state index is 6.33. The van der Waals surface area contributed by atoms with Crippen LogP contribution in [-0.2, 0) is 0 Å². The quantitative estimate of drug-likeness (QED) is 0.164. The SMILES string of the molecule is c1ccc(-c2cccc(-c3ccc4c(c3)c3ccccc3n4-c3ccc(-c4ccc(-c5ccc(-n6c7ccccc7c7cc8c(cc76)oc6ccccc68)cc5)cc4)cc3)c2)cc1. The van der Waals surface area contributed by atoms with Crippen molar-refractivity contribution in [2.75, 3.05) is 0 Å². The van der Waals surface area contributed by atoms with Gasteiger partial charge in [0.15, 0.2) is 0 Å². The molecule has 63 heavy (non-hydrogen) atoms. The predicted octanol–water partition coefficient (Wildman–Crippen LogP) is 16.4. The number of furan rings is 1. The first-order chi connectivity index (χ1) is 31.2. The molecule has 3 heteroatoms. The molecule has 0 saturated heterocycles. The fraction of sp³-hybridized carbons (Fsp3) is 0. The van der Waals surface area contributed by atoms with Crippen LogP contribution in [0.5, 0.6) is 0 Å². The van der Waals surface area contributed by atoms with Gasteiger partial charge in [0, 0.05) is 49.8 Å². The summed E-state index contributed by atoms with van der Waals surface area (Å²) in [7, 11) is 0. The van der Waals surface area contributed by atoms with E-state index in [1.54, 1.807) is 0 Å². The van der Waals surface area contributed by atoms with Crippen LogP contribution in [0.3, 0.4) is 0 Å². The zero-order valence-corrected chi connectivity index (χ0v) is 34.2. The molecule has 0 saturated carbocycles. The van der Waals surface area contributed by atoms with Gasteiger partial charge >= 0.3 is 0 Å². The summed E-state index contributed by atoms with van der Waals surface area (Å²) < 4.78 is 11.1. The van der Waals surface area contributed by atoms with Crippen molar-refractivity contribution < 1.29 is 4.42 Å². The van der Waals surface area contributed by atoms with Crippen LogP contribution in [0.2, 0.25) is 0 Å². The lowest BCUT2D eigenvalue weighted by Gasteiger charge is -2.11. The Morgan fingerprint density at radius 2 is 0.651 bits per heavy atom. The van der Waals surface area contributed by atoms with Gasteiger partial charge in [-0.3, -0.25) is 0 Å². The summed E-state index contributed by atoms with van der Waals surface area (Å²) >= 11 is 0. The molecular weight excluding hydrogens is 765 g/mol. The molecule has 10 aromatic carbocycles. The minimum absolute atomic E-state index is 0.904. The fourth-order valence-corrected chi connectivity index (χ4v) is 9.87. The second-order valence-corrected chi connectivity index (χ2v) is 16.5. The molecule has 0 atom stereocenters. The first kappa shape index (κ1) is 35.4. The molecular formula is C60H38N2O. The Balaban J connectivity index is 0.797. The molecule has 0 fully saturated rings. The zero-order chi connectivity index (χ0) is 41.4. The minimum atomic E-state index is 0.904. The molecule has 0 aliphatic carbocycles. The minimum Gasteiger partial charge on any atom is -0.456 e. The third-order valence-electron chi connectivity index (χ3n) is 12.9. The maximum Gasteiger partial charge on any atom is 0.137 e. The monoisotopic (exact) mass is 802 g/mol. The molecule has 13 rings (SSSR count). The van der Waals surface area contributed by atoms with Crippen molar-refractivity contribution in [1.29, 1.82) is 0 Å². The van der Waals surface area contributed by atoms with Crippen LogP contribution < -0.4 is 0 Å². The summed E-state index contributed by atoms with van der Waals surface area (Å²) in [6, 6.07) is 83.4. The largest absolute Gasteiger partial charge is 0.456 e. The average molecular weight is 803 g/mol. The van der Waals surface area contributed by atoms with Crippen molar-refractivity contribution in [2.45, 2.75) is 0 Å². The third-order valence-corrected chi connectivity index (χ3v) is 12.9. The molecule has 0 N–H and O–H groups in total. The van der Waals surface area contributed by atoms with E-state index in [0.717, 1.165) is 38.8 Å². The molecule has 0 aliphatic rings. The number of benzene rings is 10. The molecule has 13 aromatic rings. The number of rotatable bonds is 6. The Kier molecular flexibility index (Phi) is 7.91. The van der Waals surface area contributed by atoms with Crippen LogP contribution in [0, 0.1) is 0 Å². The number of fused-ring (bicyclic) bond motifs is 9. The highest BCUT2D eigenvalue weighted by molar-refractivity contribution is 6.17. The fourth-order valence-electron chi connectivity index (χ4n) is 9.87. The van der Waals surface area contributed by atoms with Gasteiger partial charge in [0.25, 0.3) is 0 Å². The van der Waals surface area contributed by atoms with E-state index in [1.165, 1.54) is 82.6 Å². The second-order valence-electron chi connectivity index (χ2n) is 16.5. The lowest BCUT2D eigenvalue weighted by molar-refractivity contribution is 0.669. The van der Waals surface area contributed by atoms with Gasteiger partial charge in [-0.05, 0) is 111 Å². The lowest BCUT2D eigenvalue weighted by Crippen LogP contribution is -1.94. The first-order valence-electron chi connectivity index (χ1n) is 21.6. The molecule has 0 aliphatic heterocycles. The summed E-state index contributed by atoms with van der Waals surface area (Å²) in [5.41, 5.74) is 18.4. The average Bonchev–Trinajstić information content (AvgIpc) is 4.00. The Morgan fingerprint density at radius 3 is 1.29 bits per heavy atom. The Hall–Kier alpha value is -8.40. The second kappa shape index (κ2) is 14.1. The maximum atomic E-state index is 6.33. The lowest BCUT2D eigenvalue weighted by atomic mass is 9.98. The molecule has 0 unspecified atom stereocenters. The van der Waals surface area contributed by atoms with Crippen molar-refractivity contribution >= 4 is 65.6 Å². The summed E-state index contributed by atoms with van der Waals surface area (Å²) in [6.07, 6.45) is 0. The summed E-state index contributed by atoms with van der Waals surface area (Å²) in [6.45, 7) is 0. The first-order valence-corrected chi connectivity index (χ1v) is 21.6. The molecule has 0 bridgehead atoms. The van der Waals surface area contributed by atoms with Gasteiger partial charge in [-0.15, -0.1) is 0 Å². The zero-order valence-electron chi connectivity index (χ0n) is 34.2. The normalized spacial score (nSPS) is 11.8. The highest BCUT2D eigenvalue weighted by Crippen LogP contribution is 2.40. The molecule has 0 radical (unpaired) electrons. The Morgan fingerprint density at radius 1 is 0.222 bits per heavy atom. The number of aromatic nitrogens is 2. The van der Waals surface area contributed by atoms with E-state index in [4.69, 9.17) is 4.42 Å². The van der Waals surface area contributed by atoms with Gasteiger partial charge < -0.3 is 13.6 Å². The molecule has 3 nitrogen and oxygen atoms in total. The van der Waals surface area contributed by atoms with E-state index in [1.807, 2.05) is 12.1 Å². The van der Waals surface area contributed by atoms with Gasteiger partial charge in [-0.1, -0.05) is 158 Å². The number of hydrogen-bond donors (Lipinski definition) is 0. The van der Waals surface area contributed by atoms with Crippen molar-refractivity contribution in [3.05, 3.63) is 231 Å². The topological polar surface area (TPSA) is 23.0 Å². The molecule has 294 valence electrons. The Labute approximate surface area is 363 Å². The van der Waals surface area contributed by atoms with E-state index >= 15 is 0 Å². The summed E-state index contributed by atoms with van der Waals surface area (Å²) in [5, 5.41) is 7.26. The van der Waals surface area contributed by atoms with Gasteiger partial charge in [-0.25, -0.2) is 0 Å². The van der Waals surface area contributed by atoms with E-state index in [2.05, 4.69) is 228 Å². The van der Waals surface area contributed by atoms with Crippen molar-refractivity contribution in [2.24, 2.45) is 0 Å². The van der Waals surface area contributed by atoms with Gasteiger partial charge in [0.05, 0.1) is 22.1 Å². The molecule has 3 aromatic heterocycles. The summed E-state index contributed by atoms with van der Waals surface area (Å²) in [4.78, 5) is 0. The van der Waals surface area contributed by atoms with Crippen LogP contribution in [0.1, 0.15) is 0 Å². The highest BCUT2D eigenvalue weighted by atomic mass is 16.3. The van der Waals surface area contributed by atoms with E-state index in [9.17, 15) is 0 Å². The molecule has 3 heterocycles. The van der Waals surface area contributed by atoms with Crippen LogP contribution in [-0.4, -0.2) is 9.13 Å². The number of para-hydroxylation sites is 3. The van der Waals surface area contributed by atoms with Crippen molar-refractivity contribution in [3.63, 3.8) is 0 Å². The third kappa shape index (κ3) is 5.75. The summed E-state index contributed by atoms with van der Waals surface area (Å²) in [5.74, 6) is 0. The smallest absolute Gasteiger partial charge is 0.137 e. The molecule has 0 spiro atoms. The van der Waals surface area contributed by atoms with Crippen molar-refractivity contribution in [1.82, 2.24) is 9.13 Å². The van der Waals surface area contributed by atoms with Crippen molar-refractivity contribution in [3.8, 4) is 55.9 Å². The van der Waals surface area contributed by atoms with Gasteiger partial charge in [0.2, 0.25) is 0 Å². The van der Waals surface area contributed by atoms with Gasteiger partial charge in [-0.2, -0.15) is 0 Å². The van der Waals surface area contributed by atoms with E-state index in [-0.39, 0.29) is 0 Å². The van der Waals surface area contributed by atoms with Crippen LogP contribution >= 0.6 is 0 Å².